The molecule has 140 valence electrons. The lowest BCUT2D eigenvalue weighted by Gasteiger charge is -2.31. The molecule has 1 amide bonds. The van der Waals surface area contributed by atoms with Crippen LogP contribution < -0.4 is 0 Å². The second-order valence-electron chi connectivity index (χ2n) is 7.47. The molecule has 4 rings (SSSR count). The molecule has 1 atom stereocenters. The van der Waals surface area contributed by atoms with Crippen LogP contribution in [0, 0.1) is 0 Å². The van der Waals surface area contributed by atoms with Crippen LogP contribution in [0.3, 0.4) is 0 Å². The van der Waals surface area contributed by atoms with E-state index >= 15 is 0 Å². The van der Waals surface area contributed by atoms with E-state index in [0.29, 0.717) is 18.3 Å². The van der Waals surface area contributed by atoms with Crippen LogP contribution in [0.5, 0.6) is 0 Å². The van der Waals surface area contributed by atoms with Gasteiger partial charge in [-0.2, -0.15) is 5.10 Å². The van der Waals surface area contributed by atoms with Crippen molar-refractivity contribution in [1.29, 1.82) is 0 Å². The van der Waals surface area contributed by atoms with Gasteiger partial charge in [0.15, 0.2) is 5.69 Å². The van der Waals surface area contributed by atoms with Gasteiger partial charge in [0.2, 0.25) is 0 Å². The Morgan fingerprint density at radius 2 is 2.19 bits per heavy atom. The first kappa shape index (κ1) is 17.3. The number of fused-ring (bicyclic) bond motifs is 1. The number of hydrogen-bond donors (Lipinski definition) is 0. The Labute approximate surface area is 154 Å². The van der Waals surface area contributed by atoms with Crippen molar-refractivity contribution in [2.45, 2.75) is 58.2 Å². The van der Waals surface area contributed by atoms with E-state index in [9.17, 15) is 4.79 Å². The average molecular weight is 356 g/mol. The molecular formula is C20H28N4O2. The third-order valence-electron chi connectivity index (χ3n) is 5.80. The second kappa shape index (κ2) is 7.27. The highest BCUT2D eigenvalue weighted by molar-refractivity contribution is 5.94. The lowest BCUT2D eigenvalue weighted by Crippen LogP contribution is -2.38. The average Bonchev–Trinajstić information content (AvgIpc) is 3.40. The van der Waals surface area contributed by atoms with Crippen LogP contribution in [0.25, 0.3) is 0 Å². The van der Waals surface area contributed by atoms with Crippen LogP contribution in [0.4, 0.5) is 0 Å². The first-order chi connectivity index (χ1) is 12.7. The third kappa shape index (κ3) is 3.18. The molecule has 0 saturated carbocycles. The van der Waals surface area contributed by atoms with Crippen molar-refractivity contribution in [2.75, 3.05) is 20.1 Å². The summed E-state index contributed by atoms with van der Waals surface area (Å²) in [4.78, 5) is 17.4. The maximum atomic E-state index is 13.1. The maximum Gasteiger partial charge on any atom is 0.274 e. The molecule has 6 nitrogen and oxygen atoms in total. The Kier molecular flexibility index (Phi) is 4.85. The van der Waals surface area contributed by atoms with Gasteiger partial charge in [0.1, 0.15) is 5.76 Å². The Morgan fingerprint density at radius 1 is 1.38 bits per heavy atom. The molecule has 1 fully saturated rings. The molecule has 2 aromatic heterocycles. The summed E-state index contributed by atoms with van der Waals surface area (Å²) in [6.45, 7) is 5.77. The van der Waals surface area contributed by atoms with Crippen molar-refractivity contribution in [3.8, 4) is 0 Å². The summed E-state index contributed by atoms with van der Waals surface area (Å²) in [6.07, 6.45) is 7.39. The molecule has 0 radical (unpaired) electrons. The Bertz CT molecular complexity index is 759. The number of rotatable bonds is 5. The third-order valence-corrected chi connectivity index (χ3v) is 5.80. The Hall–Kier alpha value is -2.08. The summed E-state index contributed by atoms with van der Waals surface area (Å²) in [5.74, 6) is 0.784. The van der Waals surface area contributed by atoms with Gasteiger partial charge in [-0.25, -0.2) is 0 Å². The predicted octanol–water partition coefficient (Wildman–Crippen LogP) is 2.72. The summed E-state index contributed by atoms with van der Waals surface area (Å²) in [7, 11) is 1.82. The van der Waals surface area contributed by atoms with E-state index in [1.165, 1.54) is 43.6 Å². The zero-order chi connectivity index (χ0) is 18.1. The molecule has 26 heavy (non-hydrogen) atoms. The molecule has 3 heterocycles. The van der Waals surface area contributed by atoms with E-state index in [-0.39, 0.29) is 5.91 Å². The van der Waals surface area contributed by atoms with E-state index in [4.69, 9.17) is 9.52 Å². The Balaban J connectivity index is 1.58. The topological polar surface area (TPSA) is 54.5 Å². The number of amides is 1. The van der Waals surface area contributed by atoms with Crippen molar-refractivity contribution in [2.24, 2.45) is 0 Å². The van der Waals surface area contributed by atoms with Gasteiger partial charge in [-0.05, 0) is 64.3 Å². The lowest BCUT2D eigenvalue weighted by molar-refractivity contribution is 0.0767. The lowest BCUT2D eigenvalue weighted by atomic mass is 9.90. The van der Waals surface area contributed by atoms with Crippen molar-refractivity contribution >= 4 is 5.91 Å². The normalized spacial score (nSPS) is 20.3. The van der Waals surface area contributed by atoms with Crippen LogP contribution in [-0.2, 0) is 25.9 Å². The van der Waals surface area contributed by atoms with Crippen LogP contribution >= 0.6 is 0 Å². The van der Waals surface area contributed by atoms with E-state index in [2.05, 4.69) is 11.8 Å². The molecule has 2 aliphatic rings. The number of aryl methyl sites for hydroxylation is 1. The quantitative estimate of drug-likeness (QED) is 0.827. The molecule has 6 heteroatoms. The fourth-order valence-corrected chi connectivity index (χ4v) is 4.41. The summed E-state index contributed by atoms with van der Waals surface area (Å²) in [5, 5.41) is 4.70. The minimum Gasteiger partial charge on any atom is -0.467 e. The van der Waals surface area contributed by atoms with Crippen LogP contribution in [-0.4, -0.2) is 51.7 Å². The van der Waals surface area contributed by atoms with Gasteiger partial charge in [-0.3, -0.25) is 9.48 Å². The van der Waals surface area contributed by atoms with E-state index in [1.807, 2.05) is 23.9 Å². The van der Waals surface area contributed by atoms with E-state index in [0.717, 1.165) is 25.1 Å². The van der Waals surface area contributed by atoms with Crippen molar-refractivity contribution < 1.29 is 9.21 Å². The molecule has 0 N–H and O–H groups in total. The Morgan fingerprint density at radius 3 is 2.88 bits per heavy atom. The molecule has 0 aromatic carbocycles. The van der Waals surface area contributed by atoms with Gasteiger partial charge in [0, 0.05) is 30.9 Å². The summed E-state index contributed by atoms with van der Waals surface area (Å²) in [6, 6.07) is 4.30. The molecule has 1 aliphatic carbocycles. The molecular weight excluding hydrogens is 328 g/mol. The highest BCUT2D eigenvalue weighted by atomic mass is 16.3. The number of aromatic nitrogens is 2. The van der Waals surface area contributed by atoms with Gasteiger partial charge in [0.05, 0.1) is 12.8 Å². The minimum absolute atomic E-state index is 0.00748. The van der Waals surface area contributed by atoms with Gasteiger partial charge >= 0.3 is 0 Å². The number of furan rings is 1. The van der Waals surface area contributed by atoms with Gasteiger partial charge in [0.25, 0.3) is 5.91 Å². The predicted molar refractivity (Wildman–Crippen MR) is 99.0 cm³/mol. The van der Waals surface area contributed by atoms with Gasteiger partial charge in [-0.1, -0.05) is 0 Å². The molecule has 0 spiro atoms. The second-order valence-corrected chi connectivity index (χ2v) is 7.47. The zero-order valence-electron chi connectivity index (χ0n) is 15.8. The van der Waals surface area contributed by atoms with Gasteiger partial charge < -0.3 is 14.2 Å². The van der Waals surface area contributed by atoms with Gasteiger partial charge in [-0.15, -0.1) is 0 Å². The largest absolute Gasteiger partial charge is 0.467 e. The number of carbonyl (C=O) groups is 1. The van der Waals surface area contributed by atoms with E-state index < -0.39 is 0 Å². The molecule has 0 bridgehead atoms. The fourth-order valence-electron chi connectivity index (χ4n) is 4.41. The number of carbonyl (C=O) groups excluding carboxylic acids is 1. The summed E-state index contributed by atoms with van der Waals surface area (Å²) >= 11 is 0. The van der Waals surface area contributed by atoms with E-state index in [1.54, 1.807) is 11.2 Å². The number of hydrogen-bond acceptors (Lipinski definition) is 4. The molecule has 2 aromatic rings. The number of nitrogens with zero attached hydrogens (tertiary/aromatic N) is 4. The van der Waals surface area contributed by atoms with Crippen molar-refractivity contribution in [1.82, 2.24) is 19.6 Å². The monoisotopic (exact) mass is 356 g/mol. The first-order valence-electron chi connectivity index (χ1n) is 9.77. The summed E-state index contributed by atoms with van der Waals surface area (Å²) < 4.78 is 7.42. The minimum atomic E-state index is -0.00748. The molecule has 1 aliphatic heterocycles. The van der Waals surface area contributed by atoms with Crippen LogP contribution in [0.2, 0.25) is 0 Å². The number of likely N-dealkylation sites (tertiary alicyclic amines) is 1. The first-order valence-corrected chi connectivity index (χ1v) is 9.77. The summed E-state index contributed by atoms with van der Waals surface area (Å²) in [5.41, 5.74) is 3.07. The SMILES string of the molecule is CCn1nc(C(=O)N(C)Cc2ccco2)c2c1CCC(N1CCCC1)C2. The standard InChI is InChI=1S/C20H28N4O2/c1-3-24-18-9-8-15(23-10-4-5-11-23)13-17(18)19(21-24)20(25)22(2)14-16-7-6-12-26-16/h6-7,12,15H,3-5,8-11,13-14H2,1-2H3. The highest BCUT2D eigenvalue weighted by Crippen LogP contribution is 2.30. The van der Waals surface area contributed by atoms with Crippen LogP contribution in [0.1, 0.15) is 53.7 Å². The van der Waals surface area contributed by atoms with Crippen molar-refractivity contribution in [3.63, 3.8) is 0 Å². The fraction of sp³-hybridized carbons (Fsp3) is 0.600. The maximum absolute atomic E-state index is 13.1. The zero-order valence-corrected chi connectivity index (χ0v) is 15.8. The van der Waals surface area contributed by atoms with Crippen LogP contribution in [0.15, 0.2) is 22.8 Å². The van der Waals surface area contributed by atoms with Crippen molar-refractivity contribution in [3.05, 3.63) is 41.1 Å². The smallest absolute Gasteiger partial charge is 0.274 e. The molecule has 1 saturated heterocycles. The highest BCUT2D eigenvalue weighted by Gasteiger charge is 2.33. The molecule has 1 unspecified atom stereocenters.